The minimum absolute atomic E-state index is 0.146. The number of likely N-dealkylation sites (N-methyl/N-ethyl adjacent to an activating group) is 1. The smallest absolute Gasteiger partial charge is 0.234 e. The van der Waals surface area contributed by atoms with Crippen molar-refractivity contribution in [3.63, 3.8) is 0 Å². The van der Waals surface area contributed by atoms with Gasteiger partial charge in [-0.3, -0.25) is 9.69 Å². The molecule has 4 heteroatoms. The minimum Gasteiger partial charge on any atom is -0.354 e. The van der Waals surface area contributed by atoms with Gasteiger partial charge >= 0.3 is 0 Å². The maximum Gasteiger partial charge on any atom is 0.234 e. The van der Waals surface area contributed by atoms with Crippen molar-refractivity contribution < 1.29 is 4.79 Å². The average Bonchev–Trinajstić information content (AvgIpc) is 2.01. The van der Waals surface area contributed by atoms with Crippen LogP contribution >= 0.6 is 0 Å². The minimum atomic E-state index is 0.146. The molecule has 1 heterocycles. The third-order valence-corrected chi connectivity index (χ3v) is 1.80. The molecule has 0 aromatic rings. The number of nitrogens with zero attached hydrogens (tertiary/aromatic N) is 1. The van der Waals surface area contributed by atoms with E-state index in [1.807, 2.05) is 7.05 Å². The third kappa shape index (κ3) is 2.86. The van der Waals surface area contributed by atoms with E-state index in [2.05, 4.69) is 15.5 Å². The zero-order chi connectivity index (χ0) is 8.10. The van der Waals surface area contributed by atoms with Gasteiger partial charge in [0.15, 0.2) is 0 Å². The molecule has 1 rings (SSSR count). The molecule has 0 atom stereocenters. The number of nitrogens with one attached hydrogen (secondary N) is 2. The Morgan fingerprint density at radius 2 is 2.55 bits per heavy atom. The van der Waals surface area contributed by atoms with Gasteiger partial charge in [0, 0.05) is 26.2 Å². The largest absolute Gasteiger partial charge is 0.354 e. The number of hydrogen-bond donors (Lipinski definition) is 2. The van der Waals surface area contributed by atoms with Gasteiger partial charge in [0.25, 0.3) is 0 Å². The summed E-state index contributed by atoms with van der Waals surface area (Å²) in [6, 6.07) is 0. The van der Waals surface area contributed by atoms with Crippen molar-refractivity contribution in [1.29, 1.82) is 0 Å². The van der Waals surface area contributed by atoms with E-state index in [-0.39, 0.29) is 5.91 Å². The van der Waals surface area contributed by atoms with Crippen molar-refractivity contribution in [3.8, 4) is 0 Å². The molecule has 0 saturated carbocycles. The molecule has 0 spiro atoms. The molecule has 1 amide bonds. The van der Waals surface area contributed by atoms with Crippen LogP contribution in [0.25, 0.3) is 0 Å². The van der Waals surface area contributed by atoms with Gasteiger partial charge in [0.2, 0.25) is 5.91 Å². The monoisotopic (exact) mass is 157 g/mol. The van der Waals surface area contributed by atoms with Gasteiger partial charge in [-0.2, -0.15) is 0 Å². The zero-order valence-electron chi connectivity index (χ0n) is 6.89. The third-order valence-electron chi connectivity index (χ3n) is 1.80. The predicted molar refractivity (Wildman–Crippen MR) is 43.4 cm³/mol. The number of amides is 1. The van der Waals surface area contributed by atoms with Crippen LogP contribution in [0, 0.1) is 0 Å². The van der Waals surface area contributed by atoms with Gasteiger partial charge < -0.3 is 10.6 Å². The van der Waals surface area contributed by atoms with E-state index >= 15 is 0 Å². The average molecular weight is 157 g/mol. The van der Waals surface area contributed by atoms with Gasteiger partial charge in [0.1, 0.15) is 0 Å². The normalized spacial score (nSPS) is 19.9. The Morgan fingerprint density at radius 3 is 3.18 bits per heavy atom. The quantitative estimate of drug-likeness (QED) is 0.531. The molecule has 11 heavy (non-hydrogen) atoms. The standard InChI is InChI=1S/C7H15N3O/c1-8-2-4-10-5-3-9-7(11)6-10/h8H,2-6H2,1H3,(H,9,11). The van der Waals surface area contributed by atoms with Crippen LogP contribution in [-0.4, -0.2) is 50.6 Å². The highest BCUT2D eigenvalue weighted by Crippen LogP contribution is 1.90. The Kier molecular flexibility index (Phi) is 3.32. The number of rotatable bonds is 3. The first-order valence-corrected chi connectivity index (χ1v) is 3.96. The molecule has 64 valence electrons. The van der Waals surface area contributed by atoms with Crippen LogP contribution in [0.2, 0.25) is 0 Å². The molecule has 0 radical (unpaired) electrons. The topological polar surface area (TPSA) is 44.4 Å². The molecule has 2 N–H and O–H groups in total. The van der Waals surface area contributed by atoms with Crippen molar-refractivity contribution >= 4 is 5.91 Å². The highest BCUT2D eigenvalue weighted by Gasteiger charge is 2.14. The second kappa shape index (κ2) is 4.31. The van der Waals surface area contributed by atoms with E-state index in [1.54, 1.807) is 0 Å². The number of hydrogen-bond acceptors (Lipinski definition) is 3. The lowest BCUT2D eigenvalue weighted by Crippen LogP contribution is -2.49. The first-order valence-electron chi connectivity index (χ1n) is 3.96. The summed E-state index contributed by atoms with van der Waals surface area (Å²) in [4.78, 5) is 13.0. The molecule has 0 aromatic carbocycles. The van der Waals surface area contributed by atoms with E-state index in [1.165, 1.54) is 0 Å². The van der Waals surface area contributed by atoms with Crippen LogP contribution in [0.5, 0.6) is 0 Å². The van der Waals surface area contributed by atoms with E-state index in [9.17, 15) is 4.79 Å². The molecule has 4 nitrogen and oxygen atoms in total. The fourth-order valence-electron chi connectivity index (χ4n) is 1.15. The summed E-state index contributed by atoms with van der Waals surface area (Å²) in [6.07, 6.45) is 0. The molecular formula is C7H15N3O. The Bertz CT molecular complexity index is 138. The predicted octanol–water partition coefficient (Wildman–Crippen LogP) is -1.36. The van der Waals surface area contributed by atoms with Crippen LogP contribution in [0.4, 0.5) is 0 Å². The first-order chi connectivity index (χ1) is 5.33. The summed E-state index contributed by atoms with van der Waals surface area (Å²) in [5.74, 6) is 0.146. The summed E-state index contributed by atoms with van der Waals surface area (Å²) in [6.45, 7) is 4.24. The molecule has 1 aliphatic rings. The van der Waals surface area contributed by atoms with Crippen molar-refractivity contribution in [3.05, 3.63) is 0 Å². The molecule has 0 unspecified atom stereocenters. The van der Waals surface area contributed by atoms with E-state index in [0.717, 1.165) is 26.2 Å². The van der Waals surface area contributed by atoms with Gasteiger partial charge in [-0.05, 0) is 7.05 Å². The van der Waals surface area contributed by atoms with Gasteiger partial charge in [-0.25, -0.2) is 0 Å². The maximum absolute atomic E-state index is 10.9. The zero-order valence-corrected chi connectivity index (χ0v) is 6.89. The summed E-state index contributed by atoms with van der Waals surface area (Å²) in [7, 11) is 1.92. The molecule has 1 fully saturated rings. The van der Waals surface area contributed by atoms with Gasteiger partial charge in [-0.1, -0.05) is 0 Å². The second-order valence-electron chi connectivity index (χ2n) is 2.73. The van der Waals surface area contributed by atoms with Crippen molar-refractivity contribution in [2.75, 3.05) is 39.8 Å². The fraction of sp³-hybridized carbons (Fsp3) is 0.857. The number of carbonyl (C=O) groups excluding carboxylic acids is 1. The molecular weight excluding hydrogens is 142 g/mol. The first kappa shape index (κ1) is 8.49. The van der Waals surface area contributed by atoms with Gasteiger partial charge in [-0.15, -0.1) is 0 Å². The maximum atomic E-state index is 10.9. The lowest BCUT2D eigenvalue weighted by molar-refractivity contribution is -0.124. The van der Waals surface area contributed by atoms with Crippen molar-refractivity contribution in [2.45, 2.75) is 0 Å². The van der Waals surface area contributed by atoms with E-state index in [0.29, 0.717) is 6.54 Å². The van der Waals surface area contributed by atoms with E-state index < -0.39 is 0 Å². The summed E-state index contributed by atoms with van der Waals surface area (Å²) in [5.41, 5.74) is 0. The molecule has 0 aliphatic carbocycles. The highest BCUT2D eigenvalue weighted by atomic mass is 16.2. The summed E-state index contributed by atoms with van der Waals surface area (Å²) in [5, 5.41) is 5.84. The summed E-state index contributed by atoms with van der Waals surface area (Å²) >= 11 is 0. The number of piperazine rings is 1. The van der Waals surface area contributed by atoms with Crippen LogP contribution in [0.1, 0.15) is 0 Å². The lowest BCUT2D eigenvalue weighted by atomic mass is 10.3. The Hall–Kier alpha value is -0.610. The highest BCUT2D eigenvalue weighted by molar-refractivity contribution is 5.78. The molecule has 0 aromatic heterocycles. The Balaban J connectivity index is 2.17. The molecule has 1 aliphatic heterocycles. The van der Waals surface area contributed by atoms with Crippen LogP contribution in [0.15, 0.2) is 0 Å². The number of carbonyl (C=O) groups is 1. The van der Waals surface area contributed by atoms with Crippen LogP contribution in [-0.2, 0) is 4.79 Å². The molecule has 1 saturated heterocycles. The SMILES string of the molecule is CNCCN1CCNC(=O)C1. The Labute approximate surface area is 66.9 Å². The summed E-state index contributed by atoms with van der Waals surface area (Å²) < 4.78 is 0. The van der Waals surface area contributed by atoms with Crippen LogP contribution in [0.3, 0.4) is 0 Å². The van der Waals surface area contributed by atoms with Crippen LogP contribution < -0.4 is 10.6 Å². The molecule has 0 bridgehead atoms. The fourth-order valence-corrected chi connectivity index (χ4v) is 1.15. The van der Waals surface area contributed by atoms with Gasteiger partial charge in [0.05, 0.1) is 6.54 Å². The Morgan fingerprint density at radius 1 is 1.73 bits per heavy atom. The van der Waals surface area contributed by atoms with Crippen molar-refractivity contribution in [2.24, 2.45) is 0 Å². The second-order valence-corrected chi connectivity index (χ2v) is 2.73. The van der Waals surface area contributed by atoms with Crippen molar-refractivity contribution in [1.82, 2.24) is 15.5 Å². The lowest BCUT2D eigenvalue weighted by Gasteiger charge is -2.25. The van der Waals surface area contributed by atoms with E-state index in [4.69, 9.17) is 0 Å².